The first-order valence-electron chi connectivity index (χ1n) is 5.72. The molecule has 0 spiro atoms. The van der Waals surface area contributed by atoms with Crippen LogP contribution in [0.25, 0.3) is 10.1 Å². The molecule has 2 rings (SSSR count). The van der Waals surface area contributed by atoms with E-state index >= 15 is 0 Å². The molecule has 1 aromatic heterocycles. The van der Waals surface area contributed by atoms with Crippen LogP contribution in [0.5, 0.6) is 0 Å². The van der Waals surface area contributed by atoms with Crippen LogP contribution >= 0.6 is 22.9 Å². The monoisotopic (exact) mass is 283 g/mol. The van der Waals surface area contributed by atoms with E-state index in [-0.39, 0.29) is 5.91 Å². The van der Waals surface area contributed by atoms with E-state index in [1.165, 1.54) is 11.3 Å². The summed E-state index contributed by atoms with van der Waals surface area (Å²) in [5, 5.41) is 3.93. The summed E-state index contributed by atoms with van der Waals surface area (Å²) in [4.78, 5) is 12.6. The number of carbonyl (C=O) groups excluding carboxylic acids is 1. The summed E-state index contributed by atoms with van der Waals surface area (Å²) in [5.41, 5.74) is 0. The molecule has 0 unspecified atom stereocenters. The Hall–Kier alpha value is -1.10. The van der Waals surface area contributed by atoms with Crippen LogP contribution in [-0.4, -0.2) is 31.5 Å². The molecule has 1 N–H and O–H groups in total. The molecule has 0 radical (unpaired) electrons. The molecule has 1 aromatic carbocycles. The van der Waals surface area contributed by atoms with Crippen LogP contribution in [0.1, 0.15) is 9.67 Å². The van der Waals surface area contributed by atoms with Gasteiger partial charge < -0.3 is 10.1 Å². The normalized spacial score (nSPS) is 10.7. The third-order valence-electron chi connectivity index (χ3n) is 2.40. The largest absolute Gasteiger partial charge is 0.378 e. The van der Waals surface area contributed by atoms with Gasteiger partial charge in [0.05, 0.1) is 18.1 Å². The molecule has 0 fully saturated rings. The van der Waals surface area contributed by atoms with Gasteiger partial charge in [-0.1, -0.05) is 18.2 Å². The van der Waals surface area contributed by atoms with E-state index in [4.69, 9.17) is 16.3 Å². The average Bonchev–Trinajstić information content (AvgIpc) is 2.82. The van der Waals surface area contributed by atoms with Crippen molar-refractivity contribution in [2.75, 3.05) is 25.6 Å². The van der Waals surface area contributed by atoms with Crippen molar-refractivity contribution in [2.45, 2.75) is 0 Å². The van der Waals surface area contributed by atoms with Gasteiger partial charge in [0.2, 0.25) is 0 Å². The van der Waals surface area contributed by atoms with Crippen LogP contribution < -0.4 is 5.32 Å². The fraction of sp³-hybridized carbons (Fsp3) is 0.308. The maximum absolute atomic E-state index is 11.9. The van der Waals surface area contributed by atoms with Gasteiger partial charge in [0.1, 0.15) is 0 Å². The smallest absolute Gasteiger partial charge is 0.261 e. The van der Waals surface area contributed by atoms with E-state index in [0.717, 1.165) is 15.0 Å². The second-order valence-electron chi connectivity index (χ2n) is 3.71. The minimum absolute atomic E-state index is 0.0503. The van der Waals surface area contributed by atoms with E-state index in [0.29, 0.717) is 25.6 Å². The molecule has 1 heterocycles. The number of hydrogen-bond acceptors (Lipinski definition) is 3. The summed E-state index contributed by atoms with van der Waals surface area (Å²) in [6, 6.07) is 9.87. The Morgan fingerprint density at radius 3 is 2.94 bits per heavy atom. The molecule has 2 aromatic rings. The number of ether oxygens (including phenoxy) is 1. The molecule has 5 heteroatoms. The van der Waals surface area contributed by atoms with Crippen LogP contribution in [0.3, 0.4) is 0 Å². The van der Waals surface area contributed by atoms with Crippen molar-refractivity contribution in [3.8, 4) is 0 Å². The summed E-state index contributed by atoms with van der Waals surface area (Å²) >= 11 is 6.97. The van der Waals surface area contributed by atoms with Gasteiger partial charge in [0.15, 0.2) is 0 Å². The first-order chi connectivity index (χ1) is 8.81. The van der Waals surface area contributed by atoms with Crippen LogP contribution in [0.4, 0.5) is 0 Å². The molecular weight excluding hydrogens is 270 g/mol. The highest BCUT2D eigenvalue weighted by molar-refractivity contribution is 7.20. The van der Waals surface area contributed by atoms with Crippen molar-refractivity contribution in [1.82, 2.24) is 5.32 Å². The van der Waals surface area contributed by atoms with Gasteiger partial charge in [-0.25, -0.2) is 0 Å². The molecule has 0 aliphatic heterocycles. The number of carbonyl (C=O) groups is 1. The first-order valence-corrected chi connectivity index (χ1v) is 7.07. The third kappa shape index (κ3) is 3.45. The van der Waals surface area contributed by atoms with Crippen molar-refractivity contribution in [1.29, 1.82) is 0 Å². The predicted octanol–water partition coefficient (Wildman–Crippen LogP) is 2.89. The van der Waals surface area contributed by atoms with E-state index in [1.54, 1.807) is 0 Å². The topological polar surface area (TPSA) is 38.3 Å². The lowest BCUT2D eigenvalue weighted by atomic mass is 10.2. The Morgan fingerprint density at radius 1 is 1.33 bits per heavy atom. The van der Waals surface area contributed by atoms with Gasteiger partial charge in [-0.05, 0) is 17.5 Å². The number of nitrogens with one attached hydrogen (secondary N) is 1. The molecule has 3 nitrogen and oxygen atoms in total. The Morgan fingerprint density at radius 2 is 2.17 bits per heavy atom. The van der Waals surface area contributed by atoms with Gasteiger partial charge in [-0.15, -0.1) is 22.9 Å². The van der Waals surface area contributed by atoms with E-state index in [1.807, 2.05) is 30.3 Å². The third-order valence-corrected chi connectivity index (χ3v) is 3.67. The number of halogens is 1. The summed E-state index contributed by atoms with van der Waals surface area (Å²) < 4.78 is 6.31. The van der Waals surface area contributed by atoms with Gasteiger partial charge >= 0.3 is 0 Å². The lowest BCUT2D eigenvalue weighted by molar-refractivity contribution is 0.0927. The molecule has 0 saturated heterocycles. The van der Waals surface area contributed by atoms with Crippen molar-refractivity contribution in [3.05, 3.63) is 35.2 Å². The Kier molecular flexibility index (Phi) is 4.99. The molecule has 0 atom stereocenters. The average molecular weight is 284 g/mol. The number of fused-ring (bicyclic) bond motifs is 1. The number of amides is 1. The van der Waals surface area contributed by atoms with Crippen molar-refractivity contribution < 1.29 is 9.53 Å². The highest BCUT2D eigenvalue weighted by Crippen LogP contribution is 2.24. The zero-order valence-corrected chi connectivity index (χ0v) is 11.4. The second kappa shape index (κ2) is 6.73. The number of rotatable bonds is 6. The Bertz CT molecular complexity index is 493. The highest BCUT2D eigenvalue weighted by atomic mass is 35.5. The minimum atomic E-state index is -0.0503. The standard InChI is InChI=1S/C13H14ClNO2S/c14-5-7-17-8-6-15-13(16)12-9-10-3-1-2-4-11(10)18-12/h1-4,9H,5-8H2,(H,15,16). The highest BCUT2D eigenvalue weighted by Gasteiger charge is 2.08. The number of alkyl halides is 1. The van der Waals surface area contributed by atoms with E-state index in [9.17, 15) is 4.79 Å². The van der Waals surface area contributed by atoms with Gasteiger partial charge in [0, 0.05) is 17.1 Å². The first kappa shape index (κ1) is 13.3. The van der Waals surface area contributed by atoms with Gasteiger partial charge in [-0.2, -0.15) is 0 Å². The zero-order valence-electron chi connectivity index (χ0n) is 9.82. The van der Waals surface area contributed by atoms with E-state index in [2.05, 4.69) is 5.32 Å². The lowest BCUT2D eigenvalue weighted by Crippen LogP contribution is -2.26. The van der Waals surface area contributed by atoms with Crippen LogP contribution in [-0.2, 0) is 4.74 Å². The molecule has 0 bridgehead atoms. The summed E-state index contributed by atoms with van der Waals surface area (Å²) in [6.07, 6.45) is 0. The Labute approximate surface area is 115 Å². The second-order valence-corrected chi connectivity index (χ2v) is 5.17. The van der Waals surface area contributed by atoms with Crippen molar-refractivity contribution in [2.24, 2.45) is 0 Å². The quantitative estimate of drug-likeness (QED) is 0.654. The number of hydrogen-bond donors (Lipinski definition) is 1. The van der Waals surface area contributed by atoms with Crippen molar-refractivity contribution in [3.63, 3.8) is 0 Å². The fourth-order valence-electron chi connectivity index (χ4n) is 1.57. The molecule has 0 saturated carbocycles. The summed E-state index contributed by atoms with van der Waals surface area (Å²) in [7, 11) is 0. The molecule has 0 aliphatic carbocycles. The molecule has 0 aliphatic rings. The molecular formula is C13H14ClNO2S. The maximum atomic E-state index is 11.9. The molecule has 1 amide bonds. The molecule has 96 valence electrons. The predicted molar refractivity (Wildman–Crippen MR) is 75.7 cm³/mol. The summed E-state index contributed by atoms with van der Waals surface area (Å²) in [5.74, 6) is 0.426. The molecule has 18 heavy (non-hydrogen) atoms. The van der Waals surface area contributed by atoms with Crippen LogP contribution in [0.2, 0.25) is 0 Å². The maximum Gasteiger partial charge on any atom is 0.261 e. The zero-order chi connectivity index (χ0) is 12.8. The van der Waals surface area contributed by atoms with Crippen molar-refractivity contribution >= 4 is 38.9 Å². The fourth-order valence-corrected chi connectivity index (χ4v) is 2.66. The van der Waals surface area contributed by atoms with Gasteiger partial charge in [-0.3, -0.25) is 4.79 Å². The van der Waals surface area contributed by atoms with Gasteiger partial charge in [0.25, 0.3) is 5.91 Å². The van der Waals surface area contributed by atoms with Crippen LogP contribution in [0.15, 0.2) is 30.3 Å². The summed E-state index contributed by atoms with van der Waals surface area (Å²) in [6.45, 7) is 1.51. The lowest BCUT2D eigenvalue weighted by Gasteiger charge is -2.03. The van der Waals surface area contributed by atoms with E-state index < -0.39 is 0 Å². The minimum Gasteiger partial charge on any atom is -0.378 e. The number of benzene rings is 1. The number of thiophene rings is 1. The van der Waals surface area contributed by atoms with Crippen LogP contribution in [0, 0.1) is 0 Å². The SMILES string of the molecule is O=C(NCCOCCCl)c1cc2ccccc2s1. The Balaban J connectivity index is 1.88.